The predicted octanol–water partition coefficient (Wildman–Crippen LogP) is 1.18. The molecule has 0 unspecified atom stereocenters. The number of nitrogens with one attached hydrogen (secondary N) is 1. The lowest BCUT2D eigenvalue weighted by atomic mass is 10.3. The number of ether oxygens (including phenoxy) is 1. The molecule has 0 amide bonds. The molecule has 2 aromatic rings. The topological polar surface area (TPSA) is 88.1 Å². The Balaban J connectivity index is 2.38. The lowest BCUT2D eigenvalue weighted by Crippen LogP contribution is -1.96. The highest BCUT2D eigenvalue weighted by Crippen LogP contribution is 2.18. The van der Waals surface area contributed by atoms with Crippen molar-refractivity contribution in [3.8, 4) is 17.3 Å². The van der Waals surface area contributed by atoms with Crippen LogP contribution >= 0.6 is 0 Å². The molecule has 0 saturated carbocycles. The van der Waals surface area contributed by atoms with Gasteiger partial charge in [-0.15, -0.1) is 0 Å². The largest absolute Gasteiger partial charge is 0.497 e. The maximum absolute atomic E-state index is 10.7. The number of carboxylic acid groups (broad SMARTS) is 1. The number of hydrogen-bond donors (Lipinski definition) is 2. The van der Waals surface area contributed by atoms with Crippen LogP contribution in [0.2, 0.25) is 0 Å². The van der Waals surface area contributed by atoms with Gasteiger partial charge in [0.1, 0.15) is 17.1 Å². The van der Waals surface area contributed by atoms with Crippen LogP contribution in [0, 0.1) is 0 Å². The smallest absolute Gasteiger partial charge is 0.353 e. The molecule has 6 heteroatoms. The number of pyridine rings is 1. The van der Waals surface area contributed by atoms with Crippen LogP contribution in [0.1, 0.15) is 10.5 Å². The molecule has 0 bridgehead atoms. The Kier molecular flexibility index (Phi) is 2.55. The first-order valence-corrected chi connectivity index (χ1v) is 4.49. The van der Waals surface area contributed by atoms with Crippen LogP contribution in [0.4, 0.5) is 0 Å². The fraction of sp³-hybridized carbons (Fsp3) is 0.100. The zero-order valence-electron chi connectivity index (χ0n) is 8.47. The maximum atomic E-state index is 10.7. The van der Waals surface area contributed by atoms with E-state index in [0.717, 1.165) is 0 Å². The Morgan fingerprint density at radius 1 is 1.50 bits per heavy atom. The molecule has 0 atom stereocenters. The second kappa shape index (κ2) is 4.01. The van der Waals surface area contributed by atoms with Gasteiger partial charge in [0, 0.05) is 12.3 Å². The van der Waals surface area contributed by atoms with Crippen LogP contribution in [0.3, 0.4) is 0 Å². The number of nitrogens with zero attached hydrogens (tertiary/aromatic N) is 2. The van der Waals surface area contributed by atoms with Crippen molar-refractivity contribution in [2.75, 3.05) is 7.11 Å². The number of carboxylic acids is 1. The molecule has 0 aromatic carbocycles. The molecule has 0 aliphatic heterocycles. The third-order valence-corrected chi connectivity index (χ3v) is 2.02. The van der Waals surface area contributed by atoms with Crippen molar-refractivity contribution in [1.82, 2.24) is 15.0 Å². The summed E-state index contributed by atoms with van der Waals surface area (Å²) in [7, 11) is 1.55. The van der Waals surface area contributed by atoms with Gasteiger partial charge in [0.2, 0.25) is 0 Å². The number of imidazole rings is 1. The summed E-state index contributed by atoms with van der Waals surface area (Å²) >= 11 is 0. The highest BCUT2D eigenvalue weighted by atomic mass is 16.5. The van der Waals surface area contributed by atoms with Gasteiger partial charge in [0.25, 0.3) is 0 Å². The number of carbonyl (C=O) groups is 1. The van der Waals surface area contributed by atoms with Crippen molar-refractivity contribution in [3.63, 3.8) is 0 Å². The van der Waals surface area contributed by atoms with Crippen molar-refractivity contribution in [2.45, 2.75) is 0 Å². The summed E-state index contributed by atoms with van der Waals surface area (Å²) in [6.07, 6.45) is 2.82. The Labute approximate surface area is 90.9 Å². The highest BCUT2D eigenvalue weighted by molar-refractivity contribution is 5.85. The Morgan fingerprint density at radius 3 is 2.94 bits per heavy atom. The molecule has 0 aliphatic rings. The number of rotatable bonds is 3. The summed E-state index contributed by atoms with van der Waals surface area (Å²) < 4.78 is 5.03. The summed E-state index contributed by atoms with van der Waals surface area (Å²) in [5, 5.41) is 8.73. The molecule has 2 heterocycles. The van der Waals surface area contributed by atoms with Crippen LogP contribution in [0.5, 0.6) is 5.75 Å². The molecule has 2 aromatic heterocycles. The molecule has 0 fully saturated rings. The van der Waals surface area contributed by atoms with Crippen LogP contribution in [-0.2, 0) is 0 Å². The molecule has 0 spiro atoms. The van der Waals surface area contributed by atoms with E-state index in [4.69, 9.17) is 9.84 Å². The van der Waals surface area contributed by atoms with Gasteiger partial charge >= 0.3 is 5.97 Å². The number of methoxy groups -OCH3 is 1. The number of aromatic amines is 1. The lowest BCUT2D eigenvalue weighted by Gasteiger charge is -2.00. The summed E-state index contributed by atoms with van der Waals surface area (Å²) in [5.74, 6) is -0.0174. The van der Waals surface area contributed by atoms with E-state index in [1.54, 1.807) is 25.4 Å². The molecule has 0 radical (unpaired) electrons. The van der Waals surface area contributed by atoms with Crippen LogP contribution in [0.25, 0.3) is 11.5 Å². The first-order chi connectivity index (χ1) is 7.70. The molecule has 0 saturated heterocycles. The van der Waals surface area contributed by atoms with Gasteiger partial charge < -0.3 is 14.8 Å². The fourth-order valence-electron chi connectivity index (χ4n) is 1.23. The molecule has 0 aliphatic carbocycles. The Bertz CT molecular complexity index is 522. The van der Waals surface area contributed by atoms with Crippen molar-refractivity contribution < 1.29 is 14.6 Å². The Morgan fingerprint density at radius 2 is 2.31 bits per heavy atom. The van der Waals surface area contributed by atoms with E-state index in [9.17, 15) is 4.79 Å². The van der Waals surface area contributed by atoms with Crippen LogP contribution in [0.15, 0.2) is 24.5 Å². The zero-order valence-corrected chi connectivity index (χ0v) is 8.47. The lowest BCUT2D eigenvalue weighted by molar-refractivity contribution is 0.0691. The van der Waals surface area contributed by atoms with E-state index in [1.165, 1.54) is 6.20 Å². The monoisotopic (exact) mass is 219 g/mol. The van der Waals surface area contributed by atoms with Crippen molar-refractivity contribution in [1.29, 1.82) is 0 Å². The molecule has 6 nitrogen and oxygen atoms in total. The van der Waals surface area contributed by atoms with E-state index in [0.29, 0.717) is 17.3 Å². The first-order valence-electron chi connectivity index (χ1n) is 4.49. The van der Waals surface area contributed by atoms with Crippen LogP contribution < -0.4 is 4.74 Å². The minimum Gasteiger partial charge on any atom is -0.497 e. The van der Waals surface area contributed by atoms with Crippen molar-refractivity contribution in [2.24, 2.45) is 0 Å². The first kappa shape index (κ1) is 10.2. The van der Waals surface area contributed by atoms with Gasteiger partial charge in [-0.25, -0.2) is 9.78 Å². The fourth-order valence-corrected chi connectivity index (χ4v) is 1.23. The van der Waals surface area contributed by atoms with Crippen LogP contribution in [-0.4, -0.2) is 33.1 Å². The van der Waals surface area contributed by atoms with E-state index >= 15 is 0 Å². The maximum Gasteiger partial charge on any atom is 0.353 e. The van der Waals surface area contributed by atoms with Crippen molar-refractivity contribution in [3.05, 3.63) is 30.2 Å². The summed E-state index contributed by atoms with van der Waals surface area (Å²) in [6, 6.07) is 3.37. The Hall–Kier alpha value is -2.37. The quantitative estimate of drug-likeness (QED) is 0.809. The standard InChI is InChI=1S/C10H9N3O3/c1-16-6-2-3-11-7(4-6)9-12-5-8(13-9)10(14)15/h2-5H,1H3,(H,12,13)(H,14,15). The molecular weight excluding hydrogens is 210 g/mol. The predicted molar refractivity (Wildman–Crippen MR) is 55.3 cm³/mol. The highest BCUT2D eigenvalue weighted by Gasteiger charge is 2.09. The minimum atomic E-state index is -1.05. The van der Waals surface area contributed by atoms with E-state index in [1.807, 2.05) is 0 Å². The third-order valence-electron chi connectivity index (χ3n) is 2.02. The summed E-state index contributed by atoms with van der Waals surface area (Å²) in [4.78, 5) is 21.3. The number of hydrogen-bond acceptors (Lipinski definition) is 4. The van der Waals surface area contributed by atoms with Gasteiger partial charge in [-0.3, -0.25) is 4.98 Å². The number of aromatic nitrogens is 3. The van der Waals surface area contributed by atoms with Gasteiger partial charge in [-0.1, -0.05) is 0 Å². The normalized spacial score (nSPS) is 10.1. The van der Waals surface area contributed by atoms with E-state index < -0.39 is 5.97 Å². The molecule has 82 valence electrons. The van der Waals surface area contributed by atoms with Gasteiger partial charge in [-0.2, -0.15) is 0 Å². The average molecular weight is 219 g/mol. The van der Waals surface area contributed by atoms with Gasteiger partial charge in [0.15, 0.2) is 5.82 Å². The summed E-state index contributed by atoms with van der Waals surface area (Å²) in [6.45, 7) is 0. The van der Waals surface area contributed by atoms with Gasteiger partial charge in [-0.05, 0) is 6.07 Å². The molecule has 16 heavy (non-hydrogen) atoms. The van der Waals surface area contributed by atoms with E-state index in [-0.39, 0.29) is 5.69 Å². The average Bonchev–Trinajstić information content (AvgIpc) is 2.78. The van der Waals surface area contributed by atoms with Gasteiger partial charge in [0.05, 0.1) is 13.3 Å². The summed E-state index contributed by atoms with van der Waals surface area (Å²) in [5.41, 5.74) is 0.562. The SMILES string of the molecule is COc1ccnc(-c2ncc(C(=O)O)[nH]2)c1. The molecule has 2 rings (SSSR count). The van der Waals surface area contributed by atoms with E-state index in [2.05, 4.69) is 15.0 Å². The number of H-pyrrole nitrogens is 1. The number of aromatic carboxylic acids is 1. The molecule has 2 N–H and O–H groups in total. The minimum absolute atomic E-state index is 0.0274. The molecular formula is C10H9N3O3. The second-order valence-corrected chi connectivity index (χ2v) is 3.03. The third kappa shape index (κ3) is 1.85. The zero-order chi connectivity index (χ0) is 11.5. The second-order valence-electron chi connectivity index (χ2n) is 3.03. The van der Waals surface area contributed by atoms with Crippen molar-refractivity contribution >= 4 is 5.97 Å².